The molecule has 0 atom stereocenters. The van der Waals surface area contributed by atoms with Gasteiger partial charge >= 0.3 is 17.9 Å². The van der Waals surface area contributed by atoms with E-state index in [4.69, 9.17) is 4.74 Å². The van der Waals surface area contributed by atoms with E-state index in [0.29, 0.717) is 6.42 Å². The number of hydrogen-bond donors (Lipinski definition) is 0. The molecular formula is C16H11NO5. The number of carbonyl (C=O) groups is 3. The van der Waals surface area contributed by atoms with Crippen molar-refractivity contribution in [3.05, 3.63) is 65.0 Å². The molecule has 1 aromatic heterocycles. The lowest BCUT2D eigenvalue weighted by Crippen LogP contribution is -2.09. The van der Waals surface area contributed by atoms with Crippen LogP contribution in [0.4, 0.5) is 0 Å². The maximum atomic E-state index is 11.9. The third kappa shape index (κ3) is 2.71. The van der Waals surface area contributed by atoms with Crippen LogP contribution in [0, 0.1) is 0 Å². The molecule has 0 radical (unpaired) electrons. The highest BCUT2D eigenvalue weighted by Gasteiger charge is 2.30. The van der Waals surface area contributed by atoms with Gasteiger partial charge in [-0.25, -0.2) is 14.4 Å². The van der Waals surface area contributed by atoms with E-state index in [1.165, 1.54) is 18.2 Å². The summed E-state index contributed by atoms with van der Waals surface area (Å²) in [6.45, 7) is 0.177. The highest BCUT2D eigenvalue weighted by atomic mass is 16.6. The summed E-state index contributed by atoms with van der Waals surface area (Å²) in [4.78, 5) is 38.8. The minimum atomic E-state index is -0.747. The zero-order valence-corrected chi connectivity index (χ0v) is 11.4. The standard InChI is InChI=1S/C16H11NO5/c18-14(21-8-6-11-3-1-2-7-17-11)10-4-5-12-13(9-10)16(20)22-15(12)19/h1-5,7,9H,6,8H2. The van der Waals surface area contributed by atoms with Crippen molar-refractivity contribution in [2.75, 3.05) is 6.61 Å². The molecule has 0 amide bonds. The summed E-state index contributed by atoms with van der Waals surface area (Å²) >= 11 is 0. The minimum Gasteiger partial charge on any atom is -0.462 e. The summed E-state index contributed by atoms with van der Waals surface area (Å²) in [7, 11) is 0. The molecule has 0 aliphatic carbocycles. The van der Waals surface area contributed by atoms with Crippen molar-refractivity contribution < 1.29 is 23.9 Å². The Bertz CT molecular complexity index is 754. The second-order valence-corrected chi connectivity index (χ2v) is 4.64. The maximum absolute atomic E-state index is 11.9. The van der Waals surface area contributed by atoms with Gasteiger partial charge in [0.15, 0.2) is 0 Å². The molecule has 0 saturated heterocycles. The molecule has 6 nitrogen and oxygen atoms in total. The van der Waals surface area contributed by atoms with Crippen LogP contribution in [0.1, 0.15) is 36.8 Å². The lowest BCUT2D eigenvalue weighted by Gasteiger charge is -2.05. The SMILES string of the molecule is O=C(OCCc1ccccn1)c1ccc2c(c1)C(=O)OC2=O. The number of rotatable bonds is 4. The molecule has 0 fully saturated rings. The van der Waals surface area contributed by atoms with E-state index in [1.807, 2.05) is 12.1 Å². The van der Waals surface area contributed by atoms with Gasteiger partial charge in [-0.15, -0.1) is 0 Å². The fourth-order valence-corrected chi connectivity index (χ4v) is 2.09. The number of carbonyl (C=O) groups excluding carboxylic acids is 3. The Labute approximate surface area is 125 Å². The number of hydrogen-bond acceptors (Lipinski definition) is 6. The molecule has 1 aliphatic heterocycles. The van der Waals surface area contributed by atoms with Gasteiger partial charge in [-0.2, -0.15) is 0 Å². The van der Waals surface area contributed by atoms with E-state index in [0.717, 1.165) is 5.69 Å². The van der Waals surface area contributed by atoms with E-state index >= 15 is 0 Å². The molecule has 2 heterocycles. The first-order valence-corrected chi connectivity index (χ1v) is 6.63. The number of aromatic nitrogens is 1. The number of pyridine rings is 1. The summed E-state index contributed by atoms with van der Waals surface area (Å²) in [6.07, 6.45) is 2.17. The Morgan fingerprint density at radius 2 is 1.91 bits per heavy atom. The van der Waals surface area contributed by atoms with Crippen LogP contribution in [0.2, 0.25) is 0 Å². The molecule has 0 spiro atoms. The van der Waals surface area contributed by atoms with Crippen molar-refractivity contribution in [2.45, 2.75) is 6.42 Å². The number of esters is 3. The Morgan fingerprint density at radius 3 is 2.68 bits per heavy atom. The van der Waals surface area contributed by atoms with Crippen molar-refractivity contribution in [2.24, 2.45) is 0 Å². The Kier molecular flexibility index (Phi) is 3.65. The van der Waals surface area contributed by atoms with Gasteiger partial charge in [-0.1, -0.05) is 6.07 Å². The Hall–Kier alpha value is -3.02. The molecule has 3 rings (SSSR count). The van der Waals surface area contributed by atoms with Crippen molar-refractivity contribution >= 4 is 17.9 Å². The largest absolute Gasteiger partial charge is 0.462 e. The first-order valence-electron chi connectivity index (χ1n) is 6.63. The predicted molar refractivity (Wildman–Crippen MR) is 74.4 cm³/mol. The van der Waals surface area contributed by atoms with E-state index in [1.54, 1.807) is 12.3 Å². The monoisotopic (exact) mass is 297 g/mol. The summed E-state index contributed by atoms with van der Waals surface area (Å²) < 4.78 is 9.61. The smallest absolute Gasteiger partial charge is 0.346 e. The molecule has 0 saturated carbocycles. The van der Waals surface area contributed by atoms with Crippen LogP contribution in [0.25, 0.3) is 0 Å². The van der Waals surface area contributed by atoms with E-state index in [9.17, 15) is 14.4 Å². The maximum Gasteiger partial charge on any atom is 0.346 e. The normalized spacial score (nSPS) is 12.7. The Balaban J connectivity index is 1.65. The summed E-state index contributed by atoms with van der Waals surface area (Å²) in [5, 5.41) is 0. The van der Waals surface area contributed by atoms with Crippen LogP contribution in [-0.4, -0.2) is 29.5 Å². The van der Waals surface area contributed by atoms with E-state index in [-0.39, 0.29) is 23.3 Å². The Morgan fingerprint density at radius 1 is 1.09 bits per heavy atom. The molecule has 1 aromatic carbocycles. The topological polar surface area (TPSA) is 82.6 Å². The second kappa shape index (κ2) is 5.77. The number of cyclic esters (lactones) is 2. The van der Waals surface area contributed by atoms with Gasteiger partial charge in [0.05, 0.1) is 23.3 Å². The third-order valence-corrected chi connectivity index (χ3v) is 3.20. The van der Waals surface area contributed by atoms with Crippen molar-refractivity contribution in [3.8, 4) is 0 Å². The van der Waals surface area contributed by atoms with Crippen molar-refractivity contribution in [3.63, 3.8) is 0 Å². The molecule has 6 heteroatoms. The lowest BCUT2D eigenvalue weighted by molar-refractivity contribution is 0.0442. The summed E-state index contributed by atoms with van der Waals surface area (Å²) in [5.41, 5.74) is 1.27. The average Bonchev–Trinajstić information content (AvgIpc) is 2.82. The van der Waals surface area contributed by atoms with Gasteiger partial charge in [-0.05, 0) is 30.3 Å². The quantitative estimate of drug-likeness (QED) is 0.632. The molecule has 2 aromatic rings. The van der Waals surface area contributed by atoms with Crippen LogP contribution in [0.15, 0.2) is 42.6 Å². The van der Waals surface area contributed by atoms with Gasteiger partial charge in [0.25, 0.3) is 0 Å². The number of benzene rings is 1. The van der Waals surface area contributed by atoms with Gasteiger partial charge < -0.3 is 9.47 Å². The highest BCUT2D eigenvalue weighted by molar-refractivity contribution is 6.15. The highest BCUT2D eigenvalue weighted by Crippen LogP contribution is 2.21. The zero-order valence-electron chi connectivity index (χ0n) is 11.4. The van der Waals surface area contributed by atoms with Gasteiger partial charge in [0, 0.05) is 18.3 Å². The third-order valence-electron chi connectivity index (χ3n) is 3.20. The molecular weight excluding hydrogens is 286 g/mol. The minimum absolute atomic E-state index is 0.0872. The molecule has 1 aliphatic rings. The van der Waals surface area contributed by atoms with Crippen LogP contribution in [-0.2, 0) is 15.9 Å². The van der Waals surface area contributed by atoms with Gasteiger partial charge in [0.1, 0.15) is 0 Å². The van der Waals surface area contributed by atoms with Crippen LogP contribution in [0.3, 0.4) is 0 Å². The second-order valence-electron chi connectivity index (χ2n) is 4.64. The van der Waals surface area contributed by atoms with Crippen molar-refractivity contribution in [1.82, 2.24) is 4.98 Å². The zero-order chi connectivity index (χ0) is 15.5. The molecule has 22 heavy (non-hydrogen) atoms. The van der Waals surface area contributed by atoms with E-state index in [2.05, 4.69) is 9.72 Å². The predicted octanol–water partition coefficient (Wildman–Crippen LogP) is 1.79. The number of nitrogens with zero attached hydrogens (tertiary/aromatic N) is 1. The van der Waals surface area contributed by atoms with Crippen LogP contribution in [0.5, 0.6) is 0 Å². The number of ether oxygens (including phenoxy) is 2. The molecule has 110 valence electrons. The molecule has 0 unspecified atom stereocenters. The van der Waals surface area contributed by atoms with Crippen molar-refractivity contribution in [1.29, 1.82) is 0 Å². The first kappa shape index (κ1) is 13.9. The molecule has 0 N–H and O–H groups in total. The van der Waals surface area contributed by atoms with Gasteiger partial charge in [0.2, 0.25) is 0 Å². The van der Waals surface area contributed by atoms with E-state index < -0.39 is 17.9 Å². The first-order chi connectivity index (χ1) is 10.6. The van der Waals surface area contributed by atoms with Crippen LogP contribution < -0.4 is 0 Å². The molecule has 0 bridgehead atoms. The number of fused-ring (bicyclic) bond motifs is 1. The van der Waals surface area contributed by atoms with Crippen LogP contribution >= 0.6 is 0 Å². The van der Waals surface area contributed by atoms with Gasteiger partial charge in [-0.3, -0.25) is 4.98 Å². The lowest BCUT2D eigenvalue weighted by atomic mass is 10.1. The summed E-state index contributed by atoms with van der Waals surface area (Å²) in [6, 6.07) is 9.63. The summed E-state index contributed by atoms with van der Waals surface area (Å²) in [5.74, 6) is -2.01. The fraction of sp³-hybridized carbons (Fsp3) is 0.125. The average molecular weight is 297 g/mol. The fourth-order valence-electron chi connectivity index (χ4n) is 2.09.